The molecule has 6 heteroatoms. The number of hydrogen-bond acceptors (Lipinski definition) is 5. The molecular formula is C12H18N2O3S. The van der Waals surface area contributed by atoms with E-state index in [1.807, 2.05) is 27.7 Å². The molecule has 1 atom stereocenters. The predicted octanol–water partition coefficient (Wildman–Crippen LogP) is 2.74. The highest BCUT2D eigenvalue weighted by molar-refractivity contribution is 7.15. The van der Waals surface area contributed by atoms with Crippen LogP contribution in [0.15, 0.2) is 0 Å². The van der Waals surface area contributed by atoms with Gasteiger partial charge in [0.1, 0.15) is 5.60 Å². The number of ether oxygens (including phenoxy) is 2. The molecule has 0 aromatic carbocycles. The molecule has 1 aromatic heterocycles. The lowest BCUT2D eigenvalue weighted by Crippen LogP contribution is -2.27. The van der Waals surface area contributed by atoms with Crippen molar-refractivity contribution in [3.8, 4) is 0 Å². The van der Waals surface area contributed by atoms with Crippen LogP contribution in [0.2, 0.25) is 0 Å². The summed E-state index contributed by atoms with van der Waals surface area (Å²) in [6.07, 6.45) is 0.739. The standard InChI is InChI=1S/C12H18N2O3S/c1-7-9(5-8-6-16-8)18-10(13-7)14-11(15)17-12(2,3)4/h8H,5-6H2,1-4H3,(H,13,14,15). The van der Waals surface area contributed by atoms with Gasteiger partial charge in [-0.15, -0.1) is 11.3 Å². The maximum absolute atomic E-state index is 11.6. The number of anilines is 1. The van der Waals surface area contributed by atoms with E-state index in [4.69, 9.17) is 9.47 Å². The zero-order chi connectivity index (χ0) is 13.3. The van der Waals surface area contributed by atoms with E-state index in [0.29, 0.717) is 11.2 Å². The molecule has 5 nitrogen and oxygen atoms in total. The molecule has 1 amide bonds. The fraction of sp³-hybridized carbons (Fsp3) is 0.667. The van der Waals surface area contributed by atoms with Gasteiger partial charge in [-0.1, -0.05) is 0 Å². The number of carbonyl (C=O) groups excluding carboxylic acids is 1. The Kier molecular flexibility index (Phi) is 3.59. The van der Waals surface area contributed by atoms with Crippen LogP contribution in [0, 0.1) is 6.92 Å². The number of thiazole rings is 1. The Hall–Kier alpha value is -1.14. The third kappa shape index (κ3) is 3.96. The SMILES string of the molecule is Cc1nc(NC(=O)OC(C)(C)C)sc1CC1CO1. The summed E-state index contributed by atoms with van der Waals surface area (Å²) in [7, 11) is 0. The Labute approximate surface area is 111 Å². The van der Waals surface area contributed by atoms with E-state index in [2.05, 4.69) is 10.3 Å². The molecule has 1 N–H and O–H groups in total. The van der Waals surface area contributed by atoms with Crippen LogP contribution >= 0.6 is 11.3 Å². The second kappa shape index (κ2) is 4.85. The van der Waals surface area contributed by atoms with Gasteiger partial charge in [0.15, 0.2) is 5.13 Å². The van der Waals surface area contributed by atoms with Gasteiger partial charge in [0.2, 0.25) is 0 Å². The normalized spacial score (nSPS) is 18.6. The first kappa shape index (κ1) is 13.3. The lowest BCUT2D eigenvalue weighted by atomic mass is 10.2. The number of aromatic nitrogens is 1. The van der Waals surface area contributed by atoms with Crippen LogP contribution < -0.4 is 5.32 Å². The zero-order valence-electron chi connectivity index (χ0n) is 11.1. The number of rotatable bonds is 3. The summed E-state index contributed by atoms with van der Waals surface area (Å²) in [6, 6.07) is 0. The second-order valence-electron chi connectivity index (χ2n) is 5.31. The first-order chi connectivity index (χ1) is 8.33. The highest BCUT2D eigenvalue weighted by Gasteiger charge is 2.25. The molecule has 2 rings (SSSR count). The van der Waals surface area contributed by atoms with Crippen molar-refractivity contribution < 1.29 is 14.3 Å². The van der Waals surface area contributed by atoms with Gasteiger partial charge < -0.3 is 9.47 Å². The van der Waals surface area contributed by atoms with Gasteiger partial charge >= 0.3 is 6.09 Å². The summed E-state index contributed by atoms with van der Waals surface area (Å²) in [5.74, 6) is 0. The lowest BCUT2D eigenvalue weighted by Gasteiger charge is -2.18. The van der Waals surface area contributed by atoms with Crippen LogP contribution in [0.1, 0.15) is 31.3 Å². The van der Waals surface area contributed by atoms with Gasteiger partial charge in [0, 0.05) is 11.3 Å². The molecule has 0 aliphatic carbocycles. The molecule has 1 aromatic rings. The smallest absolute Gasteiger partial charge is 0.413 e. The van der Waals surface area contributed by atoms with Crippen molar-refractivity contribution in [3.63, 3.8) is 0 Å². The molecular weight excluding hydrogens is 252 g/mol. The molecule has 1 saturated heterocycles. The van der Waals surface area contributed by atoms with Crippen molar-refractivity contribution in [1.82, 2.24) is 4.98 Å². The molecule has 18 heavy (non-hydrogen) atoms. The fourth-order valence-corrected chi connectivity index (χ4v) is 2.47. The lowest BCUT2D eigenvalue weighted by molar-refractivity contribution is 0.0636. The Morgan fingerprint density at radius 1 is 1.61 bits per heavy atom. The number of carbonyl (C=O) groups is 1. The van der Waals surface area contributed by atoms with Gasteiger partial charge in [-0.2, -0.15) is 0 Å². The maximum Gasteiger partial charge on any atom is 0.413 e. The van der Waals surface area contributed by atoms with Crippen molar-refractivity contribution in [2.45, 2.75) is 45.8 Å². The van der Waals surface area contributed by atoms with Crippen molar-refractivity contribution in [2.24, 2.45) is 0 Å². The third-order valence-corrected chi connectivity index (χ3v) is 3.41. The highest BCUT2D eigenvalue weighted by Crippen LogP contribution is 2.27. The van der Waals surface area contributed by atoms with E-state index in [1.165, 1.54) is 11.3 Å². The summed E-state index contributed by atoms with van der Waals surface area (Å²) in [5, 5.41) is 3.24. The molecule has 1 unspecified atom stereocenters. The summed E-state index contributed by atoms with van der Waals surface area (Å²) in [4.78, 5) is 17.1. The highest BCUT2D eigenvalue weighted by atomic mass is 32.1. The number of hydrogen-bond donors (Lipinski definition) is 1. The molecule has 1 fully saturated rings. The van der Waals surface area contributed by atoms with Crippen LogP contribution in [0.5, 0.6) is 0 Å². The first-order valence-electron chi connectivity index (χ1n) is 5.91. The fourth-order valence-electron chi connectivity index (χ4n) is 1.45. The quantitative estimate of drug-likeness (QED) is 0.858. The van der Waals surface area contributed by atoms with E-state index >= 15 is 0 Å². The Morgan fingerprint density at radius 2 is 2.28 bits per heavy atom. The summed E-state index contributed by atoms with van der Waals surface area (Å²) >= 11 is 1.48. The molecule has 1 aliphatic heterocycles. The van der Waals surface area contributed by atoms with Gasteiger partial charge in [-0.3, -0.25) is 5.32 Å². The summed E-state index contributed by atoms with van der Waals surface area (Å²) in [6.45, 7) is 8.25. The minimum atomic E-state index is -0.499. The monoisotopic (exact) mass is 270 g/mol. The minimum absolute atomic E-state index is 0.332. The first-order valence-corrected chi connectivity index (χ1v) is 6.73. The van der Waals surface area contributed by atoms with E-state index in [9.17, 15) is 4.79 Å². The molecule has 0 saturated carbocycles. The molecule has 100 valence electrons. The third-order valence-electron chi connectivity index (χ3n) is 2.32. The number of epoxide rings is 1. The van der Waals surface area contributed by atoms with Crippen molar-refractivity contribution in [2.75, 3.05) is 11.9 Å². The van der Waals surface area contributed by atoms with Crippen LogP contribution in [0.4, 0.5) is 9.93 Å². The van der Waals surface area contributed by atoms with Crippen molar-refractivity contribution >= 4 is 22.6 Å². The van der Waals surface area contributed by atoms with Crippen LogP contribution in [-0.2, 0) is 15.9 Å². The Bertz CT molecular complexity index is 447. The van der Waals surface area contributed by atoms with Crippen LogP contribution in [0.25, 0.3) is 0 Å². The minimum Gasteiger partial charge on any atom is -0.444 e. The zero-order valence-corrected chi connectivity index (χ0v) is 11.9. The molecule has 0 bridgehead atoms. The predicted molar refractivity (Wildman–Crippen MR) is 70.2 cm³/mol. The summed E-state index contributed by atoms with van der Waals surface area (Å²) in [5.41, 5.74) is 0.447. The van der Waals surface area contributed by atoms with E-state index in [-0.39, 0.29) is 0 Å². The maximum atomic E-state index is 11.6. The van der Waals surface area contributed by atoms with Crippen LogP contribution in [0.3, 0.4) is 0 Å². The average Bonchev–Trinajstić information content (AvgIpc) is 2.90. The Balaban J connectivity index is 1.94. The van der Waals surface area contributed by atoms with Gasteiger partial charge in [0.25, 0.3) is 0 Å². The van der Waals surface area contributed by atoms with Gasteiger partial charge in [0.05, 0.1) is 18.4 Å². The number of amides is 1. The number of nitrogens with one attached hydrogen (secondary N) is 1. The van der Waals surface area contributed by atoms with Crippen LogP contribution in [-0.4, -0.2) is 29.4 Å². The number of nitrogens with zero attached hydrogens (tertiary/aromatic N) is 1. The number of aryl methyl sites for hydroxylation is 1. The molecule has 1 aliphatic rings. The van der Waals surface area contributed by atoms with E-state index < -0.39 is 11.7 Å². The molecule has 0 radical (unpaired) electrons. The van der Waals surface area contributed by atoms with Crippen molar-refractivity contribution in [3.05, 3.63) is 10.6 Å². The van der Waals surface area contributed by atoms with Gasteiger partial charge in [-0.05, 0) is 27.7 Å². The van der Waals surface area contributed by atoms with Crippen molar-refractivity contribution in [1.29, 1.82) is 0 Å². The average molecular weight is 270 g/mol. The molecule has 2 heterocycles. The van der Waals surface area contributed by atoms with Gasteiger partial charge in [-0.25, -0.2) is 9.78 Å². The Morgan fingerprint density at radius 3 is 2.83 bits per heavy atom. The topological polar surface area (TPSA) is 63.8 Å². The summed E-state index contributed by atoms with van der Waals surface area (Å²) < 4.78 is 10.4. The van der Waals surface area contributed by atoms with E-state index in [1.54, 1.807) is 0 Å². The molecule has 0 spiro atoms. The largest absolute Gasteiger partial charge is 0.444 e. The van der Waals surface area contributed by atoms with E-state index in [0.717, 1.165) is 23.6 Å². The second-order valence-corrected chi connectivity index (χ2v) is 6.40.